The van der Waals surface area contributed by atoms with E-state index in [4.69, 9.17) is 14.2 Å². The second kappa shape index (κ2) is 57.4. The number of amides is 1. The third-order valence-electron chi connectivity index (χ3n) is 15.7. The highest BCUT2D eigenvalue weighted by Gasteiger charge is 2.44. The smallest absolute Gasteiger partial charge is 0.305 e. The highest BCUT2D eigenvalue weighted by Crippen LogP contribution is 2.23. The number of rotatable bonds is 58. The van der Waals surface area contributed by atoms with Crippen LogP contribution >= 0.6 is 0 Å². The fourth-order valence-electron chi connectivity index (χ4n) is 10.5. The number of hydrogen-bond acceptors (Lipinski definition) is 10. The van der Waals surface area contributed by atoms with E-state index in [0.717, 1.165) is 77.0 Å². The number of hydrogen-bond donors (Lipinski definition) is 6. The molecule has 0 aromatic heterocycles. The van der Waals surface area contributed by atoms with Crippen molar-refractivity contribution >= 4 is 11.9 Å². The van der Waals surface area contributed by atoms with Crippen LogP contribution in [0.1, 0.15) is 309 Å². The van der Waals surface area contributed by atoms with Gasteiger partial charge in [0.2, 0.25) is 5.91 Å². The van der Waals surface area contributed by atoms with Crippen molar-refractivity contribution in [2.24, 2.45) is 0 Å². The molecule has 11 heteroatoms. The molecule has 0 bridgehead atoms. The van der Waals surface area contributed by atoms with Gasteiger partial charge in [-0.15, -0.1) is 0 Å². The summed E-state index contributed by atoms with van der Waals surface area (Å²) in [4.78, 5) is 25.1. The van der Waals surface area contributed by atoms with E-state index in [1.807, 2.05) is 19.1 Å². The van der Waals surface area contributed by atoms with Crippen molar-refractivity contribution in [3.8, 4) is 0 Å². The molecule has 1 aliphatic rings. The Bertz CT molecular complexity index is 1450. The Morgan fingerprint density at radius 1 is 0.481 bits per heavy atom. The zero-order valence-corrected chi connectivity index (χ0v) is 51.1. The molecule has 1 fully saturated rings. The largest absolute Gasteiger partial charge is 0.466 e. The quantitative estimate of drug-likeness (QED) is 0.0195. The average Bonchev–Trinajstić information content (AvgIpc) is 3.46. The SMILES string of the molecule is C/C=C/CC/C=C/CC/C=C/C(O)C(COC1OC(CO)C(O)C(O)C1O)NC(=O)CCCCCCCCCC/C=C\CCCCCCCCCCCCCCOC(=O)CCCCCCCCCCCCCCCCCCCC. The van der Waals surface area contributed by atoms with Gasteiger partial charge in [-0.05, 0) is 77.6 Å². The molecule has 6 N–H and O–H groups in total. The van der Waals surface area contributed by atoms with Gasteiger partial charge in [0, 0.05) is 12.8 Å². The van der Waals surface area contributed by atoms with E-state index in [1.54, 1.807) is 6.08 Å². The molecule has 7 atom stereocenters. The lowest BCUT2D eigenvalue weighted by atomic mass is 9.99. The van der Waals surface area contributed by atoms with Crippen molar-refractivity contribution in [1.29, 1.82) is 0 Å². The number of aliphatic hydroxyl groups excluding tert-OH is 5. The van der Waals surface area contributed by atoms with E-state index in [2.05, 4.69) is 42.6 Å². The van der Waals surface area contributed by atoms with Crippen LogP contribution in [0.15, 0.2) is 48.6 Å². The summed E-state index contributed by atoms with van der Waals surface area (Å²) < 4.78 is 16.7. The first-order valence-electron chi connectivity index (χ1n) is 33.4. The molecule has 11 nitrogen and oxygen atoms in total. The van der Waals surface area contributed by atoms with Gasteiger partial charge in [-0.3, -0.25) is 9.59 Å². The lowest BCUT2D eigenvalue weighted by Gasteiger charge is -2.40. The van der Waals surface area contributed by atoms with E-state index >= 15 is 0 Å². The van der Waals surface area contributed by atoms with Crippen LogP contribution in [-0.2, 0) is 23.8 Å². The van der Waals surface area contributed by atoms with Gasteiger partial charge < -0.3 is 45.1 Å². The van der Waals surface area contributed by atoms with Crippen molar-refractivity contribution in [3.63, 3.8) is 0 Å². The Kier molecular flexibility index (Phi) is 54.3. The van der Waals surface area contributed by atoms with Crippen LogP contribution in [0.5, 0.6) is 0 Å². The molecule has 79 heavy (non-hydrogen) atoms. The summed E-state index contributed by atoms with van der Waals surface area (Å²) in [5, 5.41) is 54.2. The predicted octanol–water partition coefficient (Wildman–Crippen LogP) is 16.4. The van der Waals surface area contributed by atoms with Gasteiger partial charge in [-0.1, -0.05) is 267 Å². The zero-order valence-electron chi connectivity index (χ0n) is 51.1. The standard InChI is InChI=1S/C68H125NO10/c1-3-5-7-9-11-13-14-15-16-17-27-30-33-36-40-44-48-52-56-64(73)77-57-53-49-45-41-37-34-31-28-25-23-21-19-18-20-22-24-26-29-32-35-39-43-47-51-55-63(72)69-60(61(71)54-50-46-42-38-12-10-8-6-4-2)59-78-68-67(76)66(75)65(74)62(58-70)79-68/h4,6,12,20,22,38,50,54,60-62,65-68,70-71,74-76H,3,5,7-11,13-19,21,23-37,39-49,51-53,55-59H2,1-2H3,(H,69,72)/b6-4+,22-20-,38-12+,54-50+. The van der Waals surface area contributed by atoms with Crippen molar-refractivity contribution in [2.75, 3.05) is 19.8 Å². The minimum atomic E-state index is -1.58. The second-order valence-corrected chi connectivity index (χ2v) is 23.2. The van der Waals surface area contributed by atoms with Crippen LogP contribution in [0.2, 0.25) is 0 Å². The Morgan fingerprint density at radius 3 is 1.33 bits per heavy atom. The summed E-state index contributed by atoms with van der Waals surface area (Å²) >= 11 is 0. The number of unbranched alkanes of at least 4 members (excludes halogenated alkanes) is 39. The molecule has 0 spiro atoms. The molecule has 462 valence electrons. The van der Waals surface area contributed by atoms with Crippen LogP contribution in [0.4, 0.5) is 0 Å². The maximum atomic E-state index is 13.0. The molecular formula is C68H125NO10. The molecule has 0 saturated carbocycles. The van der Waals surface area contributed by atoms with Crippen molar-refractivity contribution in [1.82, 2.24) is 5.32 Å². The topological polar surface area (TPSA) is 175 Å². The summed E-state index contributed by atoms with van der Waals surface area (Å²) in [5.74, 6) is -0.199. The number of allylic oxidation sites excluding steroid dienone is 7. The normalized spacial score (nSPS) is 18.7. The Morgan fingerprint density at radius 2 is 0.873 bits per heavy atom. The summed E-state index contributed by atoms with van der Waals surface area (Å²) in [6, 6.07) is -0.837. The van der Waals surface area contributed by atoms with E-state index in [9.17, 15) is 35.1 Å². The molecular weight excluding hydrogens is 991 g/mol. The Hall–Kier alpha value is -2.38. The van der Waals surface area contributed by atoms with Gasteiger partial charge in [-0.25, -0.2) is 0 Å². The van der Waals surface area contributed by atoms with Crippen LogP contribution in [-0.4, -0.2) is 100 Å². The monoisotopic (exact) mass is 1120 g/mol. The molecule has 0 radical (unpaired) electrons. The molecule has 1 rings (SSSR count). The lowest BCUT2D eigenvalue weighted by Crippen LogP contribution is -2.60. The van der Waals surface area contributed by atoms with Gasteiger partial charge in [-0.2, -0.15) is 0 Å². The molecule has 1 aliphatic heterocycles. The summed E-state index contributed by atoms with van der Waals surface area (Å²) in [6.45, 7) is 4.10. The van der Waals surface area contributed by atoms with E-state index in [0.29, 0.717) is 19.4 Å². The maximum Gasteiger partial charge on any atom is 0.305 e. The molecule has 1 amide bonds. The second-order valence-electron chi connectivity index (χ2n) is 23.2. The first kappa shape index (κ1) is 74.6. The van der Waals surface area contributed by atoms with Gasteiger partial charge in [0.25, 0.3) is 0 Å². The number of carbonyl (C=O) groups excluding carboxylic acids is 2. The number of esters is 1. The highest BCUT2D eigenvalue weighted by atomic mass is 16.7. The van der Waals surface area contributed by atoms with Crippen LogP contribution in [0.3, 0.4) is 0 Å². The Labute approximate surface area is 485 Å². The van der Waals surface area contributed by atoms with E-state index in [-0.39, 0.29) is 18.5 Å². The van der Waals surface area contributed by atoms with Gasteiger partial charge in [0.05, 0.1) is 32.0 Å². The lowest BCUT2D eigenvalue weighted by molar-refractivity contribution is -0.302. The first-order chi connectivity index (χ1) is 38.7. The van der Waals surface area contributed by atoms with Gasteiger partial charge in [0.15, 0.2) is 6.29 Å². The van der Waals surface area contributed by atoms with Gasteiger partial charge in [0.1, 0.15) is 24.4 Å². The average molecular weight is 1120 g/mol. The summed E-state index contributed by atoms with van der Waals surface area (Å²) in [7, 11) is 0. The number of carbonyl (C=O) groups is 2. The molecule has 0 aromatic rings. The van der Waals surface area contributed by atoms with Crippen molar-refractivity contribution in [2.45, 2.75) is 352 Å². The Balaban J connectivity index is 1.95. The fourth-order valence-corrected chi connectivity index (χ4v) is 10.5. The van der Waals surface area contributed by atoms with Crippen molar-refractivity contribution < 1.29 is 49.3 Å². The van der Waals surface area contributed by atoms with Crippen molar-refractivity contribution in [3.05, 3.63) is 48.6 Å². The highest BCUT2D eigenvalue weighted by molar-refractivity contribution is 5.76. The van der Waals surface area contributed by atoms with Crippen LogP contribution in [0, 0.1) is 0 Å². The molecule has 7 unspecified atom stereocenters. The minimum Gasteiger partial charge on any atom is -0.466 e. The fraction of sp³-hybridized carbons (Fsp3) is 0.853. The van der Waals surface area contributed by atoms with E-state index < -0.39 is 49.5 Å². The maximum absolute atomic E-state index is 13.0. The first-order valence-corrected chi connectivity index (χ1v) is 33.4. The number of aliphatic hydroxyl groups is 5. The summed E-state index contributed by atoms with van der Waals surface area (Å²) in [6.07, 6.45) is 64.1. The third kappa shape index (κ3) is 46.8. The summed E-state index contributed by atoms with van der Waals surface area (Å²) in [5.41, 5.74) is 0. The minimum absolute atomic E-state index is 0.00490. The van der Waals surface area contributed by atoms with Crippen LogP contribution in [0.25, 0.3) is 0 Å². The third-order valence-corrected chi connectivity index (χ3v) is 15.7. The zero-order chi connectivity index (χ0) is 57.3. The number of nitrogens with one attached hydrogen (secondary N) is 1. The van der Waals surface area contributed by atoms with Crippen LogP contribution < -0.4 is 5.32 Å². The predicted molar refractivity (Wildman–Crippen MR) is 329 cm³/mol. The molecule has 1 saturated heterocycles. The van der Waals surface area contributed by atoms with E-state index in [1.165, 1.54) is 205 Å². The van der Waals surface area contributed by atoms with Gasteiger partial charge >= 0.3 is 5.97 Å². The molecule has 0 aliphatic carbocycles. The molecule has 1 heterocycles. The molecule has 0 aromatic carbocycles. The number of ether oxygens (including phenoxy) is 3.